The number of hydrogen-bond donors (Lipinski definition) is 0. The van der Waals surface area contributed by atoms with Crippen LogP contribution in [-0.2, 0) is 0 Å². The van der Waals surface area contributed by atoms with Gasteiger partial charge in [-0.1, -0.05) is 49.3 Å². The molecule has 0 heterocycles. The largest absolute Gasteiger partial charge is 0.103 e. The van der Waals surface area contributed by atoms with Crippen molar-refractivity contribution in [3.05, 3.63) is 60.3 Å². The third kappa shape index (κ3) is 6.30. The minimum Gasteiger partial charge on any atom is -0.103 e. The van der Waals surface area contributed by atoms with Gasteiger partial charge in [-0.15, -0.1) is 13.2 Å². The van der Waals surface area contributed by atoms with Gasteiger partial charge in [0.05, 0.1) is 0 Å². The molecule has 0 nitrogen and oxygen atoms in total. The van der Waals surface area contributed by atoms with E-state index in [1.54, 1.807) is 5.57 Å². The molecule has 0 radical (unpaired) electrons. The van der Waals surface area contributed by atoms with E-state index in [1.807, 2.05) is 6.08 Å². The van der Waals surface area contributed by atoms with Crippen LogP contribution < -0.4 is 0 Å². The minimum absolute atomic E-state index is 0.739. The highest BCUT2D eigenvalue weighted by Gasteiger charge is 2.25. The highest BCUT2D eigenvalue weighted by molar-refractivity contribution is 5.45. The molecule has 0 aromatic heterocycles. The summed E-state index contributed by atoms with van der Waals surface area (Å²) in [6, 6.07) is 0. The van der Waals surface area contributed by atoms with Crippen LogP contribution >= 0.6 is 0 Å². The molecule has 0 heteroatoms. The van der Waals surface area contributed by atoms with Crippen molar-refractivity contribution in [2.24, 2.45) is 11.8 Å². The Morgan fingerprint density at radius 3 is 2.25 bits per heavy atom. The summed E-state index contributed by atoms with van der Waals surface area (Å²) in [5.41, 5.74) is 4.60. The topological polar surface area (TPSA) is 0 Å². The zero-order valence-corrected chi connectivity index (χ0v) is 16.3. The summed E-state index contributed by atoms with van der Waals surface area (Å²) < 4.78 is 0. The molecular formula is C24H38. The molecule has 0 unspecified atom stereocenters. The van der Waals surface area contributed by atoms with Gasteiger partial charge in [-0.05, 0) is 88.2 Å². The van der Waals surface area contributed by atoms with E-state index in [9.17, 15) is 0 Å². The smallest absolute Gasteiger partial charge is 0.0132 e. The molecule has 0 atom stereocenters. The number of allylic oxidation sites excluding steroid dienone is 8. The molecule has 0 spiro atoms. The van der Waals surface area contributed by atoms with Gasteiger partial charge in [0.15, 0.2) is 0 Å². The first kappa shape index (κ1) is 20.7. The van der Waals surface area contributed by atoms with Crippen LogP contribution in [0.2, 0.25) is 0 Å². The monoisotopic (exact) mass is 326 g/mol. The fourth-order valence-electron chi connectivity index (χ4n) is 4.13. The fraction of sp³-hybridized carbons (Fsp3) is 0.583. The molecule has 0 aromatic carbocycles. The van der Waals surface area contributed by atoms with Crippen molar-refractivity contribution in [1.82, 2.24) is 0 Å². The lowest BCUT2D eigenvalue weighted by Crippen LogP contribution is -2.17. The molecule has 1 saturated carbocycles. The lowest BCUT2D eigenvalue weighted by atomic mass is 9.74. The second kappa shape index (κ2) is 12.1. The van der Waals surface area contributed by atoms with E-state index in [2.05, 4.69) is 58.2 Å². The average Bonchev–Trinajstić information content (AvgIpc) is 2.61. The van der Waals surface area contributed by atoms with Crippen LogP contribution in [0, 0.1) is 11.8 Å². The van der Waals surface area contributed by atoms with E-state index in [1.165, 1.54) is 56.1 Å². The predicted molar refractivity (Wildman–Crippen MR) is 110 cm³/mol. The van der Waals surface area contributed by atoms with Gasteiger partial charge in [-0.25, -0.2) is 0 Å². The maximum atomic E-state index is 3.95. The van der Waals surface area contributed by atoms with Gasteiger partial charge < -0.3 is 0 Å². The maximum absolute atomic E-state index is 3.95. The van der Waals surface area contributed by atoms with E-state index in [-0.39, 0.29) is 0 Å². The van der Waals surface area contributed by atoms with Crippen molar-refractivity contribution < 1.29 is 0 Å². The van der Waals surface area contributed by atoms with Crippen LogP contribution in [0.1, 0.15) is 78.6 Å². The second-order valence-electron chi connectivity index (χ2n) is 7.04. The summed E-state index contributed by atoms with van der Waals surface area (Å²) in [5.74, 6) is 1.68. The van der Waals surface area contributed by atoms with Crippen molar-refractivity contribution in [2.45, 2.75) is 78.6 Å². The number of unbranched alkanes of at least 4 members (excludes halogenated alkanes) is 1. The molecule has 0 amide bonds. The van der Waals surface area contributed by atoms with Crippen molar-refractivity contribution in [2.75, 3.05) is 0 Å². The molecule has 0 aliphatic heterocycles. The Labute approximate surface area is 151 Å². The standard InChI is InChI=1S/C24H38/c1-6-11-12-15-20-16-18-22(19-17-20)23(10-5)24(14-8-3)21(9-4)13-7-2/h6-8,10,14,20,22H,1-2,9,11-13,15-19H2,3-5H3/b14-8-,23-10-,24-21+. The van der Waals surface area contributed by atoms with E-state index >= 15 is 0 Å². The number of hydrogen-bond acceptors (Lipinski definition) is 0. The first-order chi connectivity index (χ1) is 11.7. The van der Waals surface area contributed by atoms with Crippen molar-refractivity contribution in [1.29, 1.82) is 0 Å². The summed E-state index contributed by atoms with van der Waals surface area (Å²) in [4.78, 5) is 0. The minimum atomic E-state index is 0.739. The molecule has 1 rings (SSSR count). The summed E-state index contributed by atoms with van der Waals surface area (Å²) in [6.45, 7) is 14.4. The Morgan fingerprint density at radius 1 is 1.04 bits per heavy atom. The molecule has 24 heavy (non-hydrogen) atoms. The van der Waals surface area contributed by atoms with Crippen molar-refractivity contribution in [3.8, 4) is 0 Å². The molecule has 0 bridgehead atoms. The van der Waals surface area contributed by atoms with Crippen molar-refractivity contribution in [3.63, 3.8) is 0 Å². The van der Waals surface area contributed by atoms with E-state index in [4.69, 9.17) is 0 Å². The summed E-state index contributed by atoms with van der Waals surface area (Å²) in [5, 5.41) is 0. The van der Waals surface area contributed by atoms with Gasteiger partial charge in [0.1, 0.15) is 0 Å². The third-order valence-corrected chi connectivity index (χ3v) is 5.46. The normalized spacial score (nSPS) is 23.2. The Morgan fingerprint density at radius 2 is 1.75 bits per heavy atom. The molecule has 1 aliphatic carbocycles. The van der Waals surface area contributed by atoms with Crippen LogP contribution in [0.15, 0.2) is 60.3 Å². The van der Waals surface area contributed by atoms with Crippen LogP contribution in [0.4, 0.5) is 0 Å². The van der Waals surface area contributed by atoms with Gasteiger partial charge in [0, 0.05) is 0 Å². The SMILES string of the molecule is C=CCCCC1CCC(C(=C/C)/C(/C=C\C)=C(\CC)CC=C)CC1. The van der Waals surface area contributed by atoms with Gasteiger partial charge in [-0.2, -0.15) is 0 Å². The molecule has 0 saturated heterocycles. The van der Waals surface area contributed by atoms with E-state index < -0.39 is 0 Å². The van der Waals surface area contributed by atoms with E-state index in [0.717, 1.165) is 24.7 Å². The predicted octanol–water partition coefficient (Wildman–Crippen LogP) is 7.95. The molecule has 0 N–H and O–H groups in total. The van der Waals surface area contributed by atoms with Gasteiger partial charge in [-0.3, -0.25) is 0 Å². The van der Waals surface area contributed by atoms with Crippen LogP contribution in [0.3, 0.4) is 0 Å². The molecule has 1 fully saturated rings. The first-order valence-electron chi connectivity index (χ1n) is 9.94. The highest BCUT2D eigenvalue weighted by atomic mass is 14.3. The molecular weight excluding hydrogens is 288 g/mol. The summed E-state index contributed by atoms with van der Waals surface area (Å²) in [6.07, 6.45) is 22.5. The van der Waals surface area contributed by atoms with E-state index in [0.29, 0.717) is 0 Å². The lowest BCUT2D eigenvalue weighted by molar-refractivity contribution is 0.285. The quantitative estimate of drug-likeness (QED) is 0.217. The zero-order valence-electron chi connectivity index (χ0n) is 16.3. The first-order valence-corrected chi connectivity index (χ1v) is 9.94. The Bertz CT molecular complexity index is 464. The van der Waals surface area contributed by atoms with Gasteiger partial charge >= 0.3 is 0 Å². The molecule has 0 aromatic rings. The zero-order chi connectivity index (χ0) is 17.8. The second-order valence-corrected chi connectivity index (χ2v) is 7.04. The summed E-state index contributed by atoms with van der Waals surface area (Å²) in [7, 11) is 0. The third-order valence-electron chi connectivity index (χ3n) is 5.46. The Kier molecular flexibility index (Phi) is 10.5. The summed E-state index contributed by atoms with van der Waals surface area (Å²) >= 11 is 0. The highest BCUT2D eigenvalue weighted by Crippen LogP contribution is 2.39. The maximum Gasteiger partial charge on any atom is -0.0132 e. The van der Waals surface area contributed by atoms with Crippen molar-refractivity contribution >= 4 is 0 Å². The number of rotatable bonds is 10. The lowest BCUT2D eigenvalue weighted by Gasteiger charge is -2.31. The molecule has 1 aliphatic rings. The van der Waals surface area contributed by atoms with Gasteiger partial charge in [0.2, 0.25) is 0 Å². The van der Waals surface area contributed by atoms with Crippen LogP contribution in [0.5, 0.6) is 0 Å². The Hall–Kier alpha value is -1.30. The van der Waals surface area contributed by atoms with Gasteiger partial charge in [0.25, 0.3) is 0 Å². The van der Waals surface area contributed by atoms with Crippen LogP contribution in [-0.4, -0.2) is 0 Å². The van der Waals surface area contributed by atoms with Crippen LogP contribution in [0.25, 0.3) is 0 Å². The molecule has 134 valence electrons. The average molecular weight is 327 g/mol. The fourth-order valence-corrected chi connectivity index (χ4v) is 4.13. The Balaban J connectivity index is 2.82.